The van der Waals surface area contributed by atoms with Gasteiger partial charge in [-0.3, -0.25) is 24.5 Å². The number of unbranched alkanes of at least 4 members (excludes halogenated alkanes) is 9. The Morgan fingerprint density at radius 3 is 2.19 bits per heavy atom. The number of likely N-dealkylation sites (tertiary alicyclic amines) is 1. The SMILES string of the molecule is NC(=O)c1c(-c2ccc(Oc3ccccc3)cc2)nn2c1NCCC2C1CCN(CCCCCCCCCCCCSc2cccc3c2CN(C2CCC(=O)NC2=O)C3=O)CC1. The van der Waals surface area contributed by atoms with E-state index in [1.807, 2.05) is 78.5 Å². The van der Waals surface area contributed by atoms with Gasteiger partial charge in [-0.2, -0.15) is 5.10 Å². The van der Waals surface area contributed by atoms with Gasteiger partial charge in [0.25, 0.3) is 11.8 Å². The molecule has 4 aliphatic rings. The lowest BCUT2D eigenvalue weighted by Gasteiger charge is -2.38. The fourth-order valence-corrected chi connectivity index (χ4v) is 10.9. The molecule has 0 saturated carbocycles. The number of nitrogens with one attached hydrogen (secondary N) is 2. The maximum Gasteiger partial charge on any atom is 0.255 e. The number of anilines is 1. The van der Waals surface area contributed by atoms with Gasteiger partial charge in [0, 0.05) is 35.5 Å². The van der Waals surface area contributed by atoms with Gasteiger partial charge in [0.1, 0.15) is 34.6 Å². The van der Waals surface area contributed by atoms with Crippen molar-refractivity contribution in [3.8, 4) is 22.8 Å². The monoisotopic (exact) mass is 859 g/mol. The molecule has 13 heteroatoms. The van der Waals surface area contributed by atoms with Crippen LogP contribution in [0.15, 0.2) is 77.7 Å². The van der Waals surface area contributed by atoms with Crippen molar-refractivity contribution in [2.75, 3.05) is 37.2 Å². The molecular formula is C49H61N7O5S. The number of para-hydroxylation sites is 1. The van der Waals surface area contributed by atoms with Gasteiger partial charge in [0.15, 0.2) is 0 Å². The largest absolute Gasteiger partial charge is 0.457 e. The van der Waals surface area contributed by atoms with Crippen LogP contribution in [0.4, 0.5) is 5.82 Å². The summed E-state index contributed by atoms with van der Waals surface area (Å²) in [6.07, 6.45) is 16.6. The molecule has 2 saturated heterocycles. The Balaban J connectivity index is 0.685. The van der Waals surface area contributed by atoms with Crippen LogP contribution in [-0.4, -0.2) is 81.2 Å². The minimum absolute atomic E-state index is 0.107. The van der Waals surface area contributed by atoms with Crippen molar-refractivity contribution in [3.05, 3.63) is 89.5 Å². The Labute approximate surface area is 369 Å². The topological polar surface area (TPSA) is 152 Å². The van der Waals surface area contributed by atoms with E-state index < -0.39 is 11.9 Å². The third kappa shape index (κ3) is 10.4. The predicted molar refractivity (Wildman–Crippen MR) is 243 cm³/mol. The molecule has 62 heavy (non-hydrogen) atoms. The van der Waals surface area contributed by atoms with Crippen LogP contribution < -0.4 is 21.1 Å². The summed E-state index contributed by atoms with van der Waals surface area (Å²) in [4.78, 5) is 55.4. The number of benzene rings is 3. The normalized spacial score (nSPS) is 19.2. The van der Waals surface area contributed by atoms with Gasteiger partial charge in [-0.05, 0) is 124 Å². The molecular weight excluding hydrogens is 799 g/mol. The van der Waals surface area contributed by atoms with Crippen LogP contribution in [0.5, 0.6) is 11.5 Å². The van der Waals surface area contributed by atoms with Crippen LogP contribution in [0, 0.1) is 5.92 Å². The molecule has 12 nitrogen and oxygen atoms in total. The van der Waals surface area contributed by atoms with Crippen LogP contribution in [-0.2, 0) is 16.1 Å². The molecule has 5 heterocycles. The van der Waals surface area contributed by atoms with Gasteiger partial charge >= 0.3 is 0 Å². The molecule has 4 N–H and O–H groups in total. The van der Waals surface area contributed by atoms with Crippen LogP contribution in [0.1, 0.15) is 129 Å². The lowest BCUT2D eigenvalue weighted by Crippen LogP contribution is -2.52. The zero-order valence-corrected chi connectivity index (χ0v) is 36.6. The van der Waals surface area contributed by atoms with Gasteiger partial charge in [-0.15, -0.1) is 11.8 Å². The van der Waals surface area contributed by atoms with Crippen molar-refractivity contribution >= 4 is 41.2 Å². The van der Waals surface area contributed by atoms with E-state index >= 15 is 0 Å². The molecule has 4 aromatic rings. The molecule has 328 valence electrons. The van der Waals surface area contributed by atoms with Crippen LogP contribution in [0.3, 0.4) is 0 Å². The highest BCUT2D eigenvalue weighted by Gasteiger charge is 2.40. The minimum atomic E-state index is -0.574. The summed E-state index contributed by atoms with van der Waals surface area (Å²) in [6, 6.07) is 22.9. The fourth-order valence-electron chi connectivity index (χ4n) is 9.77. The second-order valence-corrected chi connectivity index (χ2v) is 18.5. The maximum absolute atomic E-state index is 13.1. The number of imide groups is 1. The highest BCUT2D eigenvalue weighted by atomic mass is 32.2. The third-order valence-corrected chi connectivity index (χ3v) is 14.3. The van der Waals surface area contributed by atoms with Gasteiger partial charge in [0.2, 0.25) is 11.8 Å². The van der Waals surface area contributed by atoms with Crippen molar-refractivity contribution in [2.24, 2.45) is 11.7 Å². The zero-order valence-electron chi connectivity index (χ0n) is 35.8. The average Bonchev–Trinajstić information content (AvgIpc) is 3.85. The highest BCUT2D eigenvalue weighted by Crippen LogP contribution is 2.41. The zero-order chi connectivity index (χ0) is 42.8. The first-order valence-electron chi connectivity index (χ1n) is 23.0. The fraction of sp³-hybridized carbons (Fsp3) is 0.490. The summed E-state index contributed by atoms with van der Waals surface area (Å²) in [6.45, 7) is 4.63. The third-order valence-electron chi connectivity index (χ3n) is 13.2. The Morgan fingerprint density at radius 2 is 1.48 bits per heavy atom. The molecule has 4 amide bonds. The van der Waals surface area contributed by atoms with Gasteiger partial charge in [-0.1, -0.05) is 75.6 Å². The number of carbonyl (C=O) groups excluding carboxylic acids is 4. The molecule has 8 rings (SSSR count). The summed E-state index contributed by atoms with van der Waals surface area (Å²) in [5.74, 6) is 2.57. The minimum Gasteiger partial charge on any atom is -0.457 e. The second-order valence-electron chi connectivity index (χ2n) is 17.3. The first kappa shape index (κ1) is 43.5. The first-order chi connectivity index (χ1) is 30.3. The Hall–Kier alpha value is -5.14. The smallest absolute Gasteiger partial charge is 0.255 e. The average molecular weight is 860 g/mol. The number of fused-ring (bicyclic) bond motifs is 2. The molecule has 2 unspecified atom stereocenters. The summed E-state index contributed by atoms with van der Waals surface area (Å²) < 4.78 is 8.05. The standard InChI is InChI=1S/C49H61N7O5S/c50-46(58)44-45(35-19-21-37(22-20-35)61-36-15-10-9-11-16-36)53-56-40(25-28-51-47(44)56)34-26-30-54(31-27-34)29-12-7-5-3-1-2-4-6-8-13-32-62-42-18-14-17-38-39(42)33-55(49(38)60)41-23-24-43(57)52-48(41)59/h9-11,14-22,34,40-41,51H,1-8,12-13,23-33H2,(H2,50,58)(H,52,57,59). The number of hydrogen-bond donors (Lipinski definition) is 3. The number of rotatable bonds is 20. The first-order valence-corrected chi connectivity index (χ1v) is 23.9. The molecule has 0 radical (unpaired) electrons. The quantitative estimate of drug-likeness (QED) is 0.0450. The number of aromatic nitrogens is 2. The second kappa shape index (κ2) is 20.8. The molecule has 1 aromatic heterocycles. The summed E-state index contributed by atoms with van der Waals surface area (Å²) in [5, 5.41) is 10.9. The van der Waals surface area contributed by atoms with Crippen molar-refractivity contribution < 1.29 is 23.9 Å². The molecule has 0 aliphatic carbocycles. The van der Waals surface area contributed by atoms with E-state index in [4.69, 9.17) is 15.6 Å². The molecule has 0 spiro atoms. The van der Waals surface area contributed by atoms with Gasteiger partial charge < -0.3 is 25.6 Å². The lowest BCUT2D eigenvalue weighted by atomic mass is 9.86. The van der Waals surface area contributed by atoms with Crippen molar-refractivity contribution in [1.29, 1.82) is 0 Å². The molecule has 4 aliphatic heterocycles. The summed E-state index contributed by atoms with van der Waals surface area (Å²) in [5.41, 5.74) is 9.62. The van der Waals surface area contributed by atoms with E-state index in [2.05, 4.69) is 26.3 Å². The van der Waals surface area contributed by atoms with Gasteiger partial charge in [-0.25, -0.2) is 4.68 Å². The number of thioether (sulfide) groups is 1. The molecule has 2 fully saturated rings. The Kier molecular flexibility index (Phi) is 14.6. The van der Waals surface area contributed by atoms with Crippen molar-refractivity contribution in [3.63, 3.8) is 0 Å². The maximum atomic E-state index is 13.1. The van der Waals surface area contributed by atoms with Crippen LogP contribution >= 0.6 is 11.8 Å². The Morgan fingerprint density at radius 1 is 0.790 bits per heavy atom. The van der Waals surface area contributed by atoms with E-state index in [-0.39, 0.29) is 30.2 Å². The number of hydrogen-bond acceptors (Lipinski definition) is 9. The summed E-state index contributed by atoms with van der Waals surface area (Å²) >= 11 is 1.81. The van der Waals surface area contributed by atoms with E-state index in [0.29, 0.717) is 35.7 Å². The molecule has 0 bridgehead atoms. The van der Waals surface area contributed by atoms with Crippen LogP contribution in [0.2, 0.25) is 0 Å². The van der Waals surface area contributed by atoms with Crippen LogP contribution in [0.25, 0.3) is 11.3 Å². The number of nitrogens with two attached hydrogens (primary N) is 1. The van der Waals surface area contributed by atoms with E-state index in [9.17, 15) is 19.2 Å². The number of primary amides is 1. The van der Waals surface area contributed by atoms with E-state index in [1.165, 1.54) is 64.3 Å². The number of nitrogens with zero attached hydrogens (tertiary/aromatic N) is 4. The number of amides is 4. The van der Waals surface area contributed by atoms with E-state index in [1.54, 1.807) is 4.90 Å². The van der Waals surface area contributed by atoms with E-state index in [0.717, 1.165) is 84.4 Å². The summed E-state index contributed by atoms with van der Waals surface area (Å²) in [7, 11) is 0. The predicted octanol–water partition coefficient (Wildman–Crippen LogP) is 8.96. The number of piperidine rings is 2. The number of ether oxygens (including phenoxy) is 1. The van der Waals surface area contributed by atoms with Crippen molar-refractivity contribution in [2.45, 2.75) is 120 Å². The molecule has 2 atom stereocenters. The highest BCUT2D eigenvalue weighted by molar-refractivity contribution is 7.99. The Bertz CT molecular complexity index is 2190. The number of carbonyl (C=O) groups is 4. The molecule has 3 aromatic carbocycles. The van der Waals surface area contributed by atoms with Crippen molar-refractivity contribution in [1.82, 2.24) is 24.9 Å². The lowest BCUT2D eigenvalue weighted by molar-refractivity contribution is -0.136. The van der Waals surface area contributed by atoms with Gasteiger partial charge in [0.05, 0.1) is 6.04 Å².